The Morgan fingerprint density at radius 1 is 0.500 bits per heavy atom. The molecule has 0 saturated carbocycles. The van der Waals surface area contributed by atoms with Crippen molar-refractivity contribution in [3.05, 3.63) is 71.3 Å². The van der Waals surface area contributed by atoms with Crippen molar-refractivity contribution in [2.75, 3.05) is 0 Å². The molecule has 0 aromatic carbocycles. The second kappa shape index (κ2) is 7.61. The number of H-pyrrole nitrogens is 2. The number of fused-ring (bicyclic) bond motifs is 8. The van der Waals surface area contributed by atoms with Gasteiger partial charge < -0.3 is 9.97 Å². The second-order valence-corrected chi connectivity index (χ2v) is 5.91. The molecule has 2 aliphatic heterocycles. The average molecular weight is 477 g/mol. The van der Waals surface area contributed by atoms with Crippen molar-refractivity contribution in [1.29, 1.82) is 0 Å². The van der Waals surface area contributed by atoms with Gasteiger partial charge in [-0.2, -0.15) is 0 Å². The Kier molecular flexibility index (Phi) is 5.46. The third-order valence-corrected chi connectivity index (χ3v) is 4.04. The van der Waals surface area contributed by atoms with Crippen LogP contribution in [0.2, 0.25) is 0 Å². The summed E-state index contributed by atoms with van der Waals surface area (Å²) in [5.41, 5.74) is 7.86. The first kappa shape index (κ1) is 18.6. The van der Waals surface area contributed by atoms with E-state index in [1.165, 1.54) is 0 Å². The Morgan fingerprint density at radius 2 is 0.846 bits per heavy atom. The van der Waals surface area contributed by atoms with E-state index in [1.807, 2.05) is 42.5 Å². The monoisotopic (exact) mass is 476 g/mol. The molecule has 0 amide bonds. The van der Waals surface area contributed by atoms with Crippen LogP contribution in [0, 0.1) is 0 Å². The van der Waals surface area contributed by atoms with Crippen molar-refractivity contribution in [1.82, 2.24) is 19.9 Å². The number of aromatic nitrogens is 4. The molecule has 8 bridgehead atoms. The largest absolute Gasteiger partial charge is 0.355 e. The minimum absolute atomic E-state index is 0. The number of nitrogens with zero attached hydrogens (tertiary/aromatic N) is 2. The van der Waals surface area contributed by atoms with E-state index in [-0.39, 0.29) is 39.0 Å². The van der Waals surface area contributed by atoms with E-state index < -0.39 is 0 Å². The molecule has 0 radical (unpaired) electrons. The summed E-state index contributed by atoms with van der Waals surface area (Å²) in [6.07, 6.45) is 8.05. The van der Waals surface area contributed by atoms with Gasteiger partial charge in [0.2, 0.25) is 0 Å². The zero-order valence-electron chi connectivity index (χ0n) is 13.9. The Balaban J connectivity index is 0.000000980. The maximum atomic E-state index is 4.62. The van der Waals surface area contributed by atoms with Crippen LogP contribution in [0.4, 0.5) is 0 Å². The van der Waals surface area contributed by atoms with Crippen molar-refractivity contribution in [2.24, 2.45) is 0 Å². The summed E-state index contributed by atoms with van der Waals surface area (Å²) in [7, 11) is 0. The van der Waals surface area contributed by atoms with Gasteiger partial charge in [0.1, 0.15) is 0 Å². The minimum Gasteiger partial charge on any atom is -0.355 e. The second-order valence-electron chi connectivity index (χ2n) is 5.91. The first-order valence-corrected chi connectivity index (χ1v) is 7.85. The summed E-state index contributed by atoms with van der Waals surface area (Å²) < 4.78 is 0. The number of hydrogen-bond donors (Lipinski definition) is 2. The standard InChI is InChI=1S/C20H14N4.Ru.Zn/c1-2-14-10-16-5-6-18(23-16)12-20-8-7-19(24-20)11-17-4-3-15(22-17)9-13(1)21-14;;/h1-12,21-22H;;. The Morgan fingerprint density at radius 3 is 1.27 bits per heavy atom. The third kappa shape index (κ3) is 3.82. The van der Waals surface area contributed by atoms with Gasteiger partial charge in [-0.1, -0.05) is 0 Å². The maximum absolute atomic E-state index is 4.62. The van der Waals surface area contributed by atoms with Gasteiger partial charge in [0.05, 0.1) is 22.8 Å². The molecule has 0 aliphatic carbocycles. The molecule has 3 aromatic rings. The van der Waals surface area contributed by atoms with Crippen LogP contribution >= 0.6 is 0 Å². The predicted octanol–water partition coefficient (Wildman–Crippen LogP) is 4.65. The summed E-state index contributed by atoms with van der Waals surface area (Å²) in [5, 5.41) is 0. The van der Waals surface area contributed by atoms with Crippen molar-refractivity contribution >= 4 is 46.4 Å². The van der Waals surface area contributed by atoms with E-state index in [2.05, 4.69) is 50.3 Å². The van der Waals surface area contributed by atoms with Gasteiger partial charge in [-0.25, -0.2) is 9.97 Å². The van der Waals surface area contributed by atoms with E-state index in [9.17, 15) is 0 Å². The molecule has 0 atom stereocenters. The van der Waals surface area contributed by atoms with Crippen molar-refractivity contribution in [2.45, 2.75) is 0 Å². The van der Waals surface area contributed by atoms with Gasteiger partial charge in [-0.3, -0.25) is 0 Å². The topological polar surface area (TPSA) is 57.4 Å². The van der Waals surface area contributed by atoms with Crippen LogP contribution in [0.3, 0.4) is 0 Å². The van der Waals surface area contributed by atoms with Gasteiger partial charge in [0.15, 0.2) is 0 Å². The van der Waals surface area contributed by atoms with E-state index in [0.29, 0.717) is 0 Å². The minimum atomic E-state index is 0. The average Bonchev–Trinajstić information content (AvgIpc) is 3.32. The van der Waals surface area contributed by atoms with Crippen LogP contribution < -0.4 is 0 Å². The number of hydrogen-bond acceptors (Lipinski definition) is 2. The molecule has 0 fully saturated rings. The van der Waals surface area contributed by atoms with Gasteiger partial charge >= 0.3 is 0 Å². The van der Waals surface area contributed by atoms with Crippen molar-refractivity contribution in [3.63, 3.8) is 0 Å². The number of nitrogens with one attached hydrogen (secondary N) is 2. The molecule has 2 N–H and O–H groups in total. The quantitative estimate of drug-likeness (QED) is 0.320. The van der Waals surface area contributed by atoms with Crippen molar-refractivity contribution in [3.8, 4) is 0 Å². The summed E-state index contributed by atoms with van der Waals surface area (Å²) in [6, 6.07) is 16.4. The van der Waals surface area contributed by atoms with Crippen LogP contribution in [0.15, 0.2) is 48.5 Å². The first-order chi connectivity index (χ1) is 11.8. The predicted molar refractivity (Wildman–Crippen MR) is 98.9 cm³/mol. The Hall–Kier alpha value is -2.15. The van der Waals surface area contributed by atoms with Gasteiger partial charge in [0.25, 0.3) is 0 Å². The fourth-order valence-electron chi connectivity index (χ4n) is 2.94. The zero-order valence-corrected chi connectivity index (χ0v) is 18.6. The first-order valence-electron chi connectivity index (χ1n) is 7.85. The van der Waals surface area contributed by atoms with E-state index in [1.54, 1.807) is 0 Å². The molecule has 5 rings (SSSR count). The fourth-order valence-corrected chi connectivity index (χ4v) is 2.94. The molecule has 3 aromatic heterocycles. The summed E-state index contributed by atoms with van der Waals surface area (Å²) in [6.45, 7) is 0. The Bertz CT molecular complexity index is 1080. The van der Waals surface area contributed by atoms with E-state index in [4.69, 9.17) is 0 Å². The van der Waals surface area contributed by atoms with Gasteiger partial charge in [-0.15, -0.1) is 0 Å². The molecule has 0 unspecified atom stereocenters. The van der Waals surface area contributed by atoms with E-state index >= 15 is 0 Å². The molecule has 26 heavy (non-hydrogen) atoms. The molecule has 5 heterocycles. The molecule has 0 saturated heterocycles. The van der Waals surface area contributed by atoms with Gasteiger partial charge in [-0.05, 0) is 72.8 Å². The molecular weight excluding hydrogens is 463 g/mol. The van der Waals surface area contributed by atoms with Crippen LogP contribution in [0.1, 0.15) is 22.8 Å². The molecule has 0 spiro atoms. The number of aromatic amines is 2. The summed E-state index contributed by atoms with van der Waals surface area (Å²) in [5.74, 6) is 0. The zero-order chi connectivity index (χ0) is 15.9. The Labute approximate surface area is 176 Å². The van der Waals surface area contributed by atoms with Gasteiger partial charge in [0, 0.05) is 61.0 Å². The van der Waals surface area contributed by atoms with E-state index in [0.717, 1.165) is 44.8 Å². The smallest absolute Gasteiger partial charge is 0.0659 e. The maximum Gasteiger partial charge on any atom is 0.0659 e. The van der Waals surface area contributed by atoms with Crippen LogP contribution in [-0.4, -0.2) is 19.9 Å². The molecular formula is C20H14N4RuZn. The van der Waals surface area contributed by atoms with Crippen LogP contribution in [-0.2, 0) is 39.0 Å². The fraction of sp³-hybridized carbons (Fsp3) is 0. The van der Waals surface area contributed by atoms with Crippen molar-refractivity contribution < 1.29 is 39.0 Å². The number of rotatable bonds is 0. The summed E-state index contributed by atoms with van der Waals surface area (Å²) in [4.78, 5) is 16.0. The molecule has 124 valence electrons. The summed E-state index contributed by atoms with van der Waals surface area (Å²) >= 11 is 0. The molecule has 6 heteroatoms. The van der Waals surface area contributed by atoms with Crippen LogP contribution in [0.5, 0.6) is 0 Å². The molecule has 4 nitrogen and oxygen atoms in total. The third-order valence-electron chi connectivity index (χ3n) is 4.04. The van der Waals surface area contributed by atoms with Crippen LogP contribution in [0.25, 0.3) is 46.4 Å². The normalized spacial score (nSPS) is 11.7. The molecule has 2 aliphatic rings. The SMILES string of the molecule is C1=Cc2cc3ccc(cc4ccc(cc5nc(cc1n2)C=C5)[nH]4)[nH]3.[Ru].[Zn].